The molecular formula is C17H15Cl2N3OS. The van der Waals surface area contributed by atoms with Crippen LogP contribution in [0.4, 0.5) is 11.5 Å². The van der Waals surface area contributed by atoms with Gasteiger partial charge in [0.05, 0.1) is 18.2 Å². The molecule has 0 aliphatic heterocycles. The molecule has 1 aliphatic carbocycles. The van der Waals surface area contributed by atoms with E-state index in [9.17, 15) is 0 Å². The van der Waals surface area contributed by atoms with Gasteiger partial charge in [0.1, 0.15) is 16.4 Å². The minimum atomic E-state index is 0.245. The fourth-order valence-corrected chi connectivity index (χ4v) is 4.75. The standard InChI is InChI=1S/C17H15Cl2N3OS/c1-8-6-11(12(23-2)7-10(8)18)20-15-14-9-4-3-5-13(9)24-16(14)22-17(19)21-15/h6-7H,3-5H2,1-2H3,(H,20,21,22). The van der Waals surface area contributed by atoms with Crippen LogP contribution < -0.4 is 10.1 Å². The minimum absolute atomic E-state index is 0.245. The van der Waals surface area contributed by atoms with E-state index in [-0.39, 0.29) is 5.28 Å². The van der Waals surface area contributed by atoms with Crippen molar-refractivity contribution in [1.82, 2.24) is 9.97 Å². The summed E-state index contributed by atoms with van der Waals surface area (Å²) in [5.74, 6) is 1.39. The van der Waals surface area contributed by atoms with Crippen LogP contribution in [-0.2, 0) is 12.8 Å². The summed E-state index contributed by atoms with van der Waals surface area (Å²) in [7, 11) is 1.62. The quantitative estimate of drug-likeness (QED) is 0.606. The number of nitrogens with one attached hydrogen (secondary N) is 1. The van der Waals surface area contributed by atoms with Gasteiger partial charge in [0.25, 0.3) is 0 Å². The van der Waals surface area contributed by atoms with Crippen LogP contribution in [0.15, 0.2) is 12.1 Å². The van der Waals surface area contributed by atoms with Gasteiger partial charge < -0.3 is 10.1 Å². The van der Waals surface area contributed by atoms with Crippen LogP contribution >= 0.6 is 34.5 Å². The van der Waals surface area contributed by atoms with Crippen LogP contribution in [0.2, 0.25) is 10.3 Å². The topological polar surface area (TPSA) is 47.0 Å². The van der Waals surface area contributed by atoms with Crippen molar-refractivity contribution in [3.05, 3.63) is 38.4 Å². The van der Waals surface area contributed by atoms with E-state index < -0.39 is 0 Å². The number of aromatic nitrogens is 2. The smallest absolute Gasteiger partial charge is 0.225 e. The molecule has 1 N–H and O–H groups in total. The molecule has 0 unspecified atom stereocenters. The lowest BCUT2D eigenvalue weighted by Gasteiger charge is -2.14. The molecule has 4 nitrogen and oxygen atoms in total. The van der Waals surface area contributed by atoms with E-state index >= 15 is 0 Å². The Hall–Kier alpha value is -1.56. The van der Waals surface area contributed by atoms with Gasteiger partial charge in [-0.3, -0.25) is 0 Å². The number of fused-ring (bicyclic) bond motifs is 3. The third-order valence-corrected chi connectivity index (χ3v) is 6.03. The highest BCUT2D eigenvalue weighted by molar-refractivity contribution is 7.19. The second-order valence-electron chi connectivity index (χ2n) is 5.81. The number of ether oxygens (including phenoxy) is 1. The number of nitrogens with zero attached hydrogens (tertiary/aromatic N) is 2. The monoisotopic (exact) mass is 379 g/mol. The van der Waals surface area contributed by atoms with Gasteiger partial charge in [-0.2, -0.15) is 4.98 Å². The first-order chi connectivity index (χ1) is 11.6. The zero-order chi connectivity index (χ0) is 16.8. The Morgan fingerprint density at radius 2 is 2.04 bits per heavy atom. The van der Waals surface area contributed by atoms with Crippen molar-refractivity contribution in [3.63, 3.8) is 0 Å². The molecule has 0 atom stereocenters. The van der Waals surface area contributed by atoms with Crippen molar-refractivity contribution < 1.29 is 4.74 Å². The molecule has 1 aromatic carbocycles. The van der Waals surface area contributed by atoms with Crippen LogP contribution in [-0.4, -0.2) is 17.1 Å². The number of rotatable bonds is 3. The fourth-order valence-electron chi connectivity index (χ4n) is 3.12. The maximum absolute atomic E-state index is 6.19. The van der Waals surface area contributed by atoms with Crippen LogP contribution in [0.5, 0.6) is 5.75 Å². The Labute approximate surface area is 153 Å². The number of thiophene rings is 1. The number of benzene rings is 1. The van der Waals surface area contributed by atoms with Crippen molar-refractivity contribution in [3.8, 4) is 5.75 Å². The number of aryl methyl sites for hydroxylation is 3. The Kier molecular flexibility index (Phi) is 4.03. The molecule has 7 heteroatoms. The summed E-state index contributed by atoms with van der Waals surface area (Å²) < 4.78 is 5.45. The number of methoxy groups -OCH3 is 1. The zero-order valence-electron chi connectivity index (χ0n) is 13.2. The van der Waals surface area contributed by atoms with E-state index in [4.69, 9.17) is 27.9 Å². The van der Waals surface area contributed by atoms with Crippen LogP contribution in [0.3, 0.4) is 0 Å². The van der Waals surface area contributed by atoms with Crippen molar-refractivity contribution in [2.75, 3.05) is 12.4 Å². The van der Waals surface area contributed by atoms with E-state index in [1.165, 1.54) is 16.9 Å². The predicted octanol–water partition coefficient (Wildman–Crippen LogP) is 5.55. The molecule has 0 saturated carbocycles. The summed E-state index contributed by atoms with van der Waals surface area (Å²) in [4.78, 5) is 11.2. The third kappa shape index (κ3) is 2.61. The molecule has 0 fully saturated rings. The van der Waals surface area contributed by atoms with E-state index in [2.05, 4.69) is 15.3 Å². The second-order valence-corrected chi connectivity index (χ2v) is 7.63. The first kappa shape index (κ1) is 15.9. The van der Waals surface area contributed by atoms with Gasteiger partial charge in [-0.25, -0.2) is 4.98 Å². The molecule has 4 rings (SSSR count). The molecule has 0 amide bonds. The molecule has 2 aromatic heterocycles. The molecule has 0 saturated heterocycles. The maximum Gasteiger partial charge on any atom is 0.225 e. The summed E-state index contributed by atoms with van der Waals surface area (Å²) in [5, 5.41) is 5.37. The van der Waals surface area contributed by atoms with E-state index in [1.54, 1.807) is 24.5 Å². The highest BCUT2D eigenvalue weighted by atomic mass is 35.5. The Morgan fingerprint density at radius 1 is 1.21 bits per heavy atom. The molecule has 2 heterocycles. The highest BCUT2D eigenvalue weighted by Crippen LogP contribution is 2.42. The minimum Gasteiger partial charge on any atom is -0.495 e. The van der Waals surface area contributed by atoms with Gasteiger partial charge in [-0.15, -0.1) is 11.3 Å². The molecule has 0 bridgehead atoms. The first-order valence-corrected chi connectivity index (χ1v) is 9.23. The average Bonchev–Trinajstić information content (AvgIpc) is 3.10. The molecule has 0 radical (unpaired) electrons. The number of anilines is 2. The van der Waals surface area contributed by atoms with Crippen LogP contribution in [0, 0.1) is 6.92 Å². The third-order valence-electron chi connectivity index (χ3n) is 4.27. The van der Waals surface area contributed by atoms with E-state index in [1.807, 2.05) is 13.0 Å². The Balaban J connectivity index is 1.87. The van der Waals surface area contributed by atoms with Gasteiger partial charge in [0, 0.05) is 16.0 Å². The number of hydrogen-bond acceptors (Lipinski definition) is 5. The number of hydrogen-bond donors (Lipinski definition) is 1. The van der Waals surface area contributed by atoms with Crippen molar-refractivity contribution >= 4 is 56.3 Å². The summed E-state index contributed by atoms with van der Waals surface area (Å²) in [6.07, 6.45) is 3.35. The average molecular weight is 380 g/mol. The summed E-state index contributed by atoms with van der Waals surface area (Å²) >= 11 is 14.0. The highest BCUT2D eigenvalue weighted by Gasteiger charge is 2.22. The lowest BCUT2D eigenvalue weighted by Crippen LogP contribution is -2.00. The lowest BCUT2D eigenvalue weighted by atomic mass is 10.1. The molecule has 1 aliphatic rings. The van der Waals surface area contributed by atoms with Crippen molar-refractivity contribution in [2.24, 2.45) is 0 Å². The Morgan fingerprint density at radius 3 is 2.83 bits per heavy atom. The van der Waals surface area contributed by atoms with Gasteiger partial charge in [0.2, 0.25) is 5.28 Å². The molecule has 3 aromatic rings. The first-order valence-electron chi connectivity index (χ1n) is 7.65. The van der Waals surface area contributed by atoms with Gasteiger partial charge >= 0.3 is 0 Å². The maximum atomic E-state index is 6.19. The molecular weight excluding hydrogens is 365 g/mol. The van der Waals surface area contributed by atoms with E-state index in [0.717, 1.165) is 40.1 Å². The van der Waals surface area contributed by atoms with E-state index in [0.29, 0.717) is 10.8 Å². The fraction of sp³-hybridized carbons (Fsp3) is 0.294. The summed E-state index contributed by atoms with van der Waals surface area (Å²) in [6, 6.07) is 3.76. The largest absolute Gasteiger partial charge is 0.495 e. The second kappa shape index (κ2) is 6.06. The molecule has 24 heavy (non-hydrogen) atoms. The normalized spacial score (nSPS) is 13.3. The summed E-state index contributed by atoms with van der Waals surface area (Å²) in [5.41, 5.74) is 3.12. The Bertz CT molecular complexity index is 955. The lowest BCUT2D eigenvalue weighted by molar-refractivity contribution is 0.416. The SMILES string of the molecule is COc1cc(Cl)c(C)cc1Nc1nc(Cl)nc2sc3c(c12)CCC3. The van der Waals surface area contributed by atoms with Gasteiger partial charge in [-0.05, 0) is 55.0 Å². The number of halogens is 2. The summed E-state index contributed by atoms with van der Waals surface area (Å²) in [6.45, 7) is 1.96. The predicted molar refractivity (Wildman–Crippen MR) is 100 cm³/mol. The van der Waals surface area contributed by atoms with Gasteiger partial charge in [0.15, 0.2) is 0 Å². The van der Waals surface area contributed by atoms with Crippen molar-refractivity contribution in [1.29, 1.82) is 0 Å². The van der Waals surface area contributed by atoms with Crippen LogP contribution in [0.1, 0.15) is 22.4 Å². The van der Waals surface area contributed by atoms with Crippen molar-refractivity contribution in [2.45, 2.75) is 26.2 Å². The van der Waals surface area contributed by atoms with Gasteiger partial charge in [-0.1, -0.05) is 11.6 Å². The zero-order valence-corrected chi connectivity index (χ0v) is 15.6. The van der Waals surface area contributed by atoms with Crippen LogP contribution in [0.25, 0.3) is 10.2 Å². The molecule has 0 spiro atoms. The molecule has 124 valence electrons.